The Morgan fingerprint density at radius 1 is 1.00 bits per heavy atom. The minimum absolute atomic E-state index is 0.101. The molecule has 0 heterocycles. The third-order valence-electron chi connectivity index (χ3n) is 6.57. The summed E-state index contributed by atoms with van der Waals surface area (Å²) in [7, 11) is 0. The van der Waals surface area contributed by atoms with E-state index in [-0.39, 0.29) is 17.9 Å². The van der Waals surface area contributed by atoms with E-state index >= 15 is 0 Å². The zero-order chi connectivity index (χ0) is 31.0. The third kappa shape index (κ3) is 8.45. The Morgan fingerprint density at radius 2 is 1.69 bits per heavy atom. The molecular weight excluding hydrogens is 536 g/mol. The van der Waals surface area contributed by atoms with Crippen molar-refractivity contribution < 1.29 is 29.0 Å². The van der Waals surface area contributed by atoms with E-state index in [1.807, 2.05) is 43.3 Å². The summed E-state index contributed by atoms with van der Waals surface area (Å²) >= 11 is 0. The van der Waals surface area contributed by atoms with Gasteiger partial charge in [-0.25, -0.2) is 4.79 Å². The number of ether oxygens (including phenoxy) is 1. The van der Waals surface area contributed by atoms with E-state index in [1.54, 1.807) is 52.0 Å². The smallest absolute Gasteiger partial charge is 0.408 e. The van der Waals surface area contributed by atoms with Crippen molar-refractivity contribution in [2.45, 2.75) is 71.6 Å². The molecule has 2 atom stereocenters. The fourth-order valence-corrected chi connectivity index (χ4v) is 4.58. The first-order chi connectivity index (χ1) is 19.8. The van der Waals surface area contributed by atoms with Crippen LogP contribution in [0.25, 0.3) is 10.8 Å². The third-order valence-corrected chi connectivity index (χ3v) is 6.57. The van der Waals surface area contributed by atoms with Gasteiger partial charge in [-0.15, -0.1) is 0 Å². The highest BCUT2D eigenvalue weighted by Gasteiger charge is 2.38. The van der Waals surface area contributed by atoms with Gasteiger partial charge in [0.05, 0.1) is 6.42 Å². The molecule has 0 radical (unpaired) electrons. The van der Waals surface area contributed by atoms with E-state index in [9.17, 15) is 24.3 Å². The Morgan fingerprint density at radius 3 is 2.33 bits per heavy atom. The van der Waals surface area contributed by atoms with Crippen LogP contribution in [0.4, 0.5) is 10.5 Å². The van der Waals surface area contributed by atoms with E-state index in [1.165, 1.54) is 4.90 Å². The molecule has 4 amide bonds. The second-order valence-electron chi connectivity index (χ2n) is 11.2. The van der Waals surface area contributed by atoms with Crippen LogP contribution in [0.15, 0.2) is 60.7 Å². The van der Waals surface area contributed by atoms with Crippen molar-refractivity contribution in [3.8, 4) is 5.75 Å². The molecule has 0 saturated heterocycles. The number of unbranched alkanes of at least 4 members (excludes halogenated alkanes) is 1. The van der Waals surface area contributed by atoms with Crippen molar-refractivity contribution in [2.75, 3.05) is 11.9 Å². The van der Waals surface area contributed by atoms with E-state index < -0.39 is 47.9 Å². The van der Waals surface area contributed by atoms with Gasteiger partial charge in [0.2, 0.25) is 11.8 Å². The molecule has 42 heavy (non-hydrogen) atoms. The second-order valence-corrected chi connectivity index (χ2v) is 11.2. The molecular formula is C32H40N4O6. The number of phenolic OH excluding ortho intramolecular Hbond substituents is 1. The van der Waals surface area contributed by atoms with Crippen LogP contribution < -0.4 is 16.4 Å². The van der Waals surface area contributed by atoms with Crippen LogP contribution in [0, 0.1) is 6.92 Å². The van der Waals surface area contributed by atoms with Crippen LogP contribution in [-0.4, -0.2) is 52.0 Å². The number of aromatic hydroxyl groups is 1. The van der Waals surface area contributed by atoms with Gasteiger partial charge in [0, 0.05) is 17.8 Å². The number of carbonyl (C=O) groups excluding carboxylic acids is 4. The highest BCUT2D eigenvalue weighted by Crippen LogP contribution is 2.33. The summed E-state index contributed by atoms with van der Waals surface area (Å²) < 4.78 is 5.31. The molecule has 3 aromatic carbocycles. The Kier molecular flexibility index (Phi) is 10.5. The summed E-state index contributed by atoms with van der Waals surface area (Å²) in [5.41, 5.74) is 5.81. The van der Waals surface area contributed by atoms with E-state index in [2.05, 4.69) is 10.6 Å². The van der Waals surface area contributed by atoms with Gasteiger partial charge in [0.1, 0.15) is 23.4 Å². The summed E-state index contributed by atoms with van der Waals surface area (Å²) in [5.74, 6) is -2.26. The summed E-state index contributed by atoms with van der Waals surface area (Å²) in [5, 5.41) is 18.3. The number of hydrogen-bond acceptors (Lipinski definition) is 6. The van der Waals surface area contributed by atoms with Gasteiger partial charge in [0.25, 0.3) is 5.91 Å². The number of phenols is 1. The number of carbonyl (C=O) groups is 4. The van der Waals surface area contributed by atoms with Crippen LogP contribution in [0.1, 0.15) is 64.1 Å². The number of nitrogens with one attached hydrogen (secondary N) is 2. The molecule has 224 valence electrons. The molecule has 0 aromatic heterocycles. The molecule has 0 aliphatic carbocycles. The second kappa shape index (κ2) is 13.8. The molecule has 0 spiro atoms. The van der Waals surface area contributed by atoms with Crippen LogP contribution in [0.5, 0.6) is 5.75 Å². The number of aryl methyl sites for hydroxylation is 1. The monoisotopic (exact) mass is 576 g/mol. The molecule has 0 aliphatic heterocycles. The first-order valence-electron chi connectivity index (χ1n) is 14.0. The van der Waals surface area contributed by atoms with Gasteiger partial charge in [-0.05, 0) is 62.6 Å². The number of primary amides is 1. The molecule has 3 rings (SSSR count). The van der Waals surface area contributed by atoms with Crippen molar-refractivity contribution in [1.29, 1.82) is 0 Å². The molecule has 2 unspecified atom stereocenters. The molecule has 0 bridgehead atoms. The van der Waals surface area contributed by atoms with E-state index in [0.717, 1.165) is 10.8 Å². The Balaban J connectivity index is 2.07. The Labute approximate surface area is 246 Å². The molecule has 0 fully saturated rings. The van der Waals surface area contributed by atoms with Crippen molar-refractivity contribution >= 4 is 40.3 Å². The largest absolute Gasteiger partial charge is 0.507 e. The fourth-order valence-electron chi connectivity index (χ4n) is 4.58. The highest BCUT2D eigenvalue weighted by atomic mass is 16.6. The van der Waals surface area contributed by atoms with Gasteiger partial charge in [-0.1, -0.05) is 61.9 Å². The summed E-state index contributed by atoms with van der Waals surface area (Å²) in [4.78, 5) is 54.1. The van der Waals surface area contributed by atoms with Crippen molar-refractivity contribution in [3.05, 3.63) is 71.8 Å². The average molecular weight is 577 g/mol. The van der Waals surface area contributed by atoms with Gasteiger partial charge in [-0.3, -0.25) is 14.4 Å². The fraction of sp³-hybridized carbons (Fsp3) is 0.375. The first-order valence-corrected chi connectivity index (χ1v) is 14.0. The number of fused-ring (bicyclic) bond motifs is 1. The number of para-hydroxylation sites is 1. The lowest BCUT2D eigenvalue weighted by Gasteiger charge is -2.34. The number of nitrogens with zero attached hydrogens (tertiary/aromatic N) is 1. The SMILES string of the molecule is CCCCN(C(=O)C(CC(N)=O)NC(=O)OC(C)(C)C)C(C(=O)Nc1ccc2ccccc2c1)c1cccc(C)c1O. The van der Waals surface area contributed by atoms with Crippen LogP contribution in [-0.2, 0) is 19.1 Å². The van der Waals surface area contributed by atoms with Gasteiger partial charge < -0.3 is 31.1 Å². The number of anilines is 1. The number of hydrogen-bond donors (Lipinski definition) is 4. The lowest BCUT2D eigenvalue weighted by Crippen LogP contribution is -2.53. The number of benzene rings is 3. The Hall–Kier alpha value is -4.60. The van der Waals surface area contributed by atoms with Gasteiger partial charge in [0.15, 0.2) is 0 Å². The van der Waals surface area contributed by atoms with Crippen LogP contribution in [0.2, 0.25) is 0 Å². The number of nitrogens with two attached hydrogens (primary N) is 1. The molecule has 5 N–H and O–H groups in total. The standard InChI is InChI=1S/C32H40N4O6/c1-6-7-17-36(30(40)25(19-26(33)37)35-31(41)42-32(3,4)5)27(24-14-10-11-20(2)28(24)38)29(39)34-23-16-15-21-12-8-9-13-22(21)18-23/h8-16,18,25,27,38H,6-7,17,19H2,1-5H3,(H2,33,37)(H,34,39)(H,35,41). The maximum absolute atomic E-state index is 14.1. The highest BCUT2D eigenvalue weighted by molar-refractivity contribution is 6.01. The maximum Gasteiger partial charge on any atom is 0.408 e. The lowest BCUT2D eigenvalue weighted by atomic mass is 9.98. The predicted octanol–water partition coefficient (Wildman–Crippen LogP) is 4.93. The zero-order valence-corrected chi connectivity index (χ0v) is 24.8. The van der Waals surface area contributed by atoms with E-state index in [0.29, 0.717) is 24.1 Å². The summed E-state index contributed by atoms with van der Waals surface area (Å²) in [6.45, 7) is 8.71. The van der Waals surface area contributed by atoms with Crippen molar-refractivity contribution in [2.24, 2.45) is 5.73 Å². The summed E-state index contributed by atoms with van der Waals surface area (Å²) in [6.07, 6.45) is -0.233. The molecule has 3 aromatic rings. The zero-order valence-electron chi connectivity index (χ0n) is 24.8. The first kappa shape index (κ1) is 31.9. The average Bonchev–Trinajstić information content (AvgIpc) is 2.90. The number of alkyl carbamates (subject to hydrolysis) is 1. The summed E-state index contributed by atoms with van der Waals surface area (Å²) in [6, 6.07) is 15.4. The minimum Gasteiger partial charge on any atom is -0.507 e. The predicted molar refractivity (Wildman–Crippen MR) is 162 cm³/mol. The normalized spacial score (nSPS) is 12.7. The number of amides is 4. The molecule has 10 heteroatoms. The van der Waals surface area contributed by atoms with E-state index in [4.69, 9.17) is 10.5 Å². The van der Waals surface area contributed by atoms with Crippen molar-refractivity contribution in [3.63, 3.8) is 0 Å². The van der Waals surface area contributed by atoms with Gasteiger partial charge >= 0.3 is 6.09 Å². The topological polar surface area (TPSA) is 151 Å². The Bertz CT molecular complexity index is 1450. The molecule has 10 nitrogen and oxygen atoms in total. The van der Waals surface area contributed by atoms with Crippen molar-refractivity contribution in [1.82, 2.24) is 10.2 Å². The minimum atomic E-state index is -1.41. The number of rotatable bonds is 11. The van der Waals surface area contributed by atoms with Crippen LogP contribution >= 0.6 is 0 Å². The maximum atomic E-state index is 14.1. The molecule has 0 saturated carbocycles. The lowest BCUT2D eigenvalue weighted by molar-refractivity contribution is -0.142. The molecule has 0 aliphatic rings. The van der Waals surface area contributed by atoms with Crippen LogP contribution in [0.3, 0.4) is 0 Å². The quantitative estimate of drug-likeness (QED) is 0.254. The van der Waals surface area contributed by atoms with Gasteiger partial charge in [-0.2, -0.15) is 0 Å².